The molecule has 0 atom stereocenters. The van der Waals surface area contributed by atoms with Gasteiger partial charge < -0.3 is 14.6 Å². The van der Waals surface area contributed by atoms with Crippen molar-refractivity contribution in [3.05, 3.63) is 38.9 Å². The molecular formula is C20H22ClFN2O3. The number of fused-ring (bicyclic) bond motifs is 1. The minimum atomic E-state index is -1.31. The molecule has 1 heterocycles. The molecule has 7 heteroatoms. The summed E-state index contributed by atoms with van der Waals surface area (Å²) in [6.45, 7) is 2.84. The predicted octanol–water partition coefficient (Wildman–Crippen LogP) is 4.45. The van der Waals surface area contributed by atoms with E-state index in [4.69, 9.17) is 11.6 Å². The van der Waals surface area contributed by atoms with Crippen molar-refractivity contribution in [1.29, 1.82) is 0 Å². The van der Waals surface area contributed by atoms with E-state index in [-0.39, 0.29) is 33.1 Å². The van der Waals surface area contributed by atoms with E-state index < -0.39 is 17.2 Å². The first-order valence-electron chi connectivity index (χ1n) is 9.29. The van der Waals surface area contributed by atoms with E-state index in [1.807, 2.05) is 11.9 Å². The standard InChI is InChI=1S/C20H22ClFN2O3/c1-3-20(6-7-20)10-23(2)17-14(22)8-12-16(15(17)21)24(11-4-5-11)9-13(18(12)25)19(26)27/h8-9,11H,3-7,10H2,1-2H3,(H,26,27). The second-order valence-corrected chi connectivity index (χ2v) is 8.32. The first-order valence-corrected chi connectivity index (χ1v) is 9.67. The molecule has 0 unspecified atom stereocenters. The number of hydrogen-bond donors (Lipinski definition) is 1. The fraction of sp³-hybridized carbons (Fsp3) is 0.500. The van der Waals surface area contributed by atoms with Gasteiger partial charge in [-0.15, -0.1) is 0 Å². The molecule has 144 valence electrons. The molecule has 1 aromatic heterocycles. The summed E-state index contributed by atoms with van der Waals surface area (Å²) in [7, 11) is 1.82. The Labute approximate surface area is 161 Å². The number of nitrogens with zero attached hydrogens (tertiary/aromatic N) is 2. The van der Waals surface area contributed by atoms with Crippen molar-refractivity contribution in [3.63, 3.8) is 0 Å². The van der Waals surface area contributed by atoms with E-state index in [2.05, 4.69) is 6.92 Å². The van der Waals surface area contributed by atoms with Gasteiger partial charge in [0.05, 0.1) is 21.6 Å². The number of anilines is 1. The fourth-order valence-corrected chi connectivity index (χ4v) is 4.39. The highest BCUT2D eigenvalue weighted by Crippen LogP contribution is 2.50. The van der Waals surface area contributed by atoms with Crippen LogP contribution in [0.2, 0.25) is 5.02 Å². The maximum atomic E-state index is 15.0. The monoisotopic (exact) mass is 392 g/mol. The summed E-state index contributed by atoms with van der Waals surface area (Å²) in [6, 6.07) is 1.24. The Bertz CT molecular complexity index is 1010. The fourth-order valence-electron chi connectivity index (χ4n) is 3.96. The molecule has 0 amide bonds. The maximum Gasteiger partial charge on any atom is 0.341 e. The Balaban J connectivity index is 1.92. The largest absolute Gasteiger partial charge is 0.477 e. The summed E-state index contributed by atoms with van der Waals surface area (Å²) in [4.78, 5) is 25.9. The second-order valence-electron chi connectivity index (χ2n) is 7.94. The topological polar surface area (TPSA) is 62.5 Å². The summed E-state index contributed by atoms with van der Waals surface area (Å²) in [5.41, 5.74) is -0.131. The van der Waals surface area contributed by atoms with E-state index in [0.29, 0.717) is 12.1 Å². The smallest absolute Gasteiger partial charge is 0.341 e. The molecule has 1 aromatic carbocycles. The van der Waals surface area contributed by atoms with Gasteiger partial charge in [-0.2, -0.15) is 0 Å². The minimum absolute atomic E-state index is 0.0260. The van der Waals surface area contributed by atoms with E-state index in [1.54, 1.807) is 4.57 Å². The predicted molar refractivity (Wildman–Crippen MR) is 104 cm³/mol. The van der Waals surface area contributed by atoms with Gasteiger partial charge in [0.1, 0.15) is 11.4 Å². The SMILES string of the molecule is CCC1(CN(C)c2c(F)cc3c(=O)c(C(=O)O)cn(C4CC4)c3c2Cl)CC1. The number of carbonyl (C=O) groups is 1. The lowest BCUT2D eigenvalue weighted by molar-refractivity contribution is 0.0695. The Hall–Kier alpha value is -2.08. The van der Waals surface area contributed by atoms with Crippen molar-refractivity contribution in [2.24, 2.45) is 5.41 Å². The molecular weight excluding hydrogens is 371 g/mol. The quantitative estimate of drug-likeness (QED) is 0.788. The molecule has 2 saturated carbocycles. The van der Waals surface area contributed by atoms with E-state index in [1.165, 1.54) is 6.20 Å². The van der Waals surface area contributed by atoms with Gasteiger partial charge in [-0.25, -0.2) is 9.18 Å². The van der Waals surface area contributed by atoms with Gasteiger partial charge in [-0.05, 0) is 43.6 Å². The number of hydrogen-bond acceptors (Lipinski definition) is 3. The maximum absolute atomic E-state index is 15.0. The van der Waals surface area contributed by atoms with Crippen molar-refractivity contribution < 1.29 is 14.3 Å². The Morgan fingerprint density at radius 2 is 2.11 bits per heavy atom. The lowest BCUT2D eigenvalue weighted by Gasteiger charge is -2.27. The summed E-state index contributed by atoms with van der Waals surface area (Å²) < 4.78 is 16.7. The zero-order valence-electron chi connectivity index (χ0n) is 15.4. The number of rotatable bonds is 6. The van der Waals surface area contributed by atoms with Crippen LogP contribution in [-0.2, 0) is 0 Å². The summed E-state index contributed by atoms with van der Waals surface area (Å²) in [6.07, 6.45) is 6.39. The van der Waals surface area contributed by atoms with Crippen LogP contribution in [0.3, 0.4) is 0 Å². The van der Waals surface area contributed by atoms with Crippen LogP contribution >= 0.6 is 11.6 Å². The lowest BCUT2D eigenvalue weighted by atomic mass is 10.0. The average molecular weight is 393 g/mol. The van der Waals surface area contributed by atoms with Crippen LogP contribution in [0, 0.1) is 11.2 Å². The van der Waals surface area contributed by atoms with E-state index >= 15 is 0 Å². The number of aromatic nitrogens is 1. The molecule has 2 aliphatic rings. The Morgan fingerprint density at radius 3 is 2.63 bits per heavy atom. The van der Waals surface area contributed by atoms with Crippen LogP contribution in [0.25, 0.3) is 10.9 Å². The van der Waals surface area contributed by atoms with Crippen LogP contribution in [0.15, 0.2) is 17.1 Å². The molecule has 0 spiro atoms. The van der Waals surface area contributed by atoms with Crippen molar-refractivity contribution in [2.45, 2.75) is 45.1 Å². The number of halogens is 2. The molecule has 0 aliphatic heterocycles. The van der Waals surface area contributed by atoms with E-state index in [0.717, 1.165) is 38.2 Å². The van der Waals surface area contributed by atoms with Gasteiger partial charge in [0.15, 0.2) is 0 Å². The third-order valence-corrected chi connectivity index (χ3v) is 6.37. The molecule has 0 radical (unpaired) electrons. The highest BCUT2D eigenvalue weighted by atomic mass is 35.5. The van der Waals surface area contributed by atoms with Gasteiger partial charge in [-0.1, -0.05) is 18.5 Å². The zero-order valence-corrected chi connectivity index (χ0v) is 16.1. The molecule has 2 fully saturated rings. The van der Waals surface area contributed by atoms with Crippen LogP contribution in [0.1, 0.15) is 55.4 Å². The molecule has 4 rings (SSSR count). The van der Waals surface area contributed by atoms with Crippen LogP contribution in [0.4, 0.5) is 10.1 Å². The molecule has 2 aliphatic carbocycles. The first kappa shape index (κ1) is 18.3. The Kier molecular flexibility index (Phi) is 4.22. The first-order chi connectivity index (χ1) is 12.8. The Morgan fingerprint density at radius 1 is 1.44 bits per heavy atom. The van der Waals surface area contributed by atoms with E-state index in [9.17, 15) is 19.1 Å². The third-order valence-electron chi connectivity index (χ3n) is 6.02. The molecule has 0 bridgehead atoms. The second kappa shape index (κ2) is 6.23. The minimum Gasteiger partial charge on any atom is -0.477 e. The summed E-state index contributed by atoms with van der Waals surface area (Å²) in [5, 5.41) is 9.55. The van der Waals surface area contributed by atoms with Gasteiger partial charge in [0, 0.05) is 25.8 Å². The molecule has 0 saturated heterocycles. The van der Waals surface area contributed by atoms with Crippen LogP contribution < -0.4 is 10.3 Å². The van der Waals surface area contributed by atoms with Gasteiger partial charge in [0.25, 0.3) is 0 Å². The number of benzene rings is 1. The summed E-state index contributed by atoms with van der Waals surface area (Å²) in [5.74, 6) is -1.91. The highest BCUT2D eigenvalue weighted by molar-refractivity contribution is 6.38. The molecule has 27 heavy (non-hydrogen) atoms. The number of aromatic carboxylic acids is 1. The lowest BCUT2D eigenvalue weighted by Crippen LogP contribution is -2.28. The normalized spacial score (nSPS) is 17.9. The molecule has 2 aromatic rings. The van der Waals surface area contributed by atoms with Crippen molar-refractivity contribution in [1.82, 2.24) is 4.57 Å². The number of carboxylic acid groups (broad SMARTS) is 1. The van der Waals surface area contributed by atoms with Gasteiger partial charge >= 0.3 is 5.97 Å². The highest BCUT2D eigenvalue weighted by Gasteiger charge is 2.42. The molecule has 5 nitrogen and oxygen atoms in total. The van der Waals surface area contributed by atoms with Crippen molar-refractivity contribution in [3.8, 4) is 0 Å². The number of carboxylic acids is 1. The van der Waals surface area contributed by atoms with Gasteiger partial charge in [0.2, 0.25) is 5.43 Å². The summed E-state index contributed by atoms with van der Waals surface area (Å²) >= 11 is 6.63. The van der Waals surface area contributed by atoms with Crippen molar-refractivity contribution in [2.75, 3.05) is 18.5 Å². The van der Waals surface area contributed by atoms with Crippen LogP contribution in [0.5, 0.6) is 0 Å². The zero-order chi connectivity index (χ0) is 19.5. The number of pyridine rings is 1. The van der Waals surface area contributed by atoms with Gasteiger partial charge in [-0.3, -0.25) is 4.79 Å². The molecule has 1 N–H and O–H groups in total. The average Bonchev–Trinajstić information content (AvgIpc) is 3.50. The third kappa shape index (κ3) is 3.00. The van der Waals surface area contributed by atoms with Crippen LogP contribution in [-0.4, -0.2) is 29.2 Å². The van der Waals surface area contributed by atoms with Crippen molar-refractivity contribution >= 4 is 34.2 Å².